The maximum absolute atomic E-state index is 13.0. The van der Waals surface area contributed by atoms with Crippen molar-refractivity contribution in [1.82, 2.24) is 0 Å². The number of esters is 2. The fourth-order valence-corrected chi connectivity index (χ4v) is 9.17. The van der Waals surface area contributed by atoms with E-state index in [1.165, 1.54) is 116 Å². The first-order chi connectivity index (χ1) is 35.5. The highest BCUT2D eigenvalue weighted by molar-refractivity contribution is 5.70. The Morgan fingerprint density at radius 1 is 0.452 bits per heavy atom. The van der Waals surface area contributed by atoms with Gasteiger partial charge in [0.2, 0.25) is 0 Å². The highest BCUT2D eigenvalue weighted by atomic mass is 16.7. The largest absolute Gasteiger partial charge is 0.462 e. The number of unbranched alkanes of at least 4 members (excludes halogenated alkanes) is 26. The van der Waals surface area contributed by atoms with Gasteiger partial charge in [-0.1, -0.05) is 204 Å². The monoisotopic (exact) mass is 1040 g/mol. The molecule has 0 aromatic carbocycles. The predicted octanol–water partition coefficient (Wildman–Crippen LogP) is 9.66. The van der Waals surface area contributed by atoms with Gasteiger partial charge in [-0.3, -0.25) is 9.59 Å². The van der Waals surface area contributed by atoms with E-state index in [4.69, 9.17) is 28.4 Å². The molecule has 7 N–H and O–H groups in total. The summed E-state index contributed by atoms with van der Waals surface area (Å²) in [6.45, 7) is 2.50. The second kappa shape index (κ2) is 44.8. The van der Waals surface area contributed by atoms with E-state index in [9.17, 15) is 45.3 Å². The summed E-state index contributed by atoms with van der Waals surface area (Å²) in [6, 6.07) is 0. The zero-order valence-corrected chi connectivity index (χ0v) is 45.4. The lowest BCUT2D eigenvalue weighted by molar-refractivity contribution is -0.332. The predicted molar refractivity (Wildman–Crippen MR) is 284 cm³/mol. The molecule has 426 valence electrons. The van der Waals surface area contributed by atoms with Crippen molar-refractivity contribution in [3.8, 4) is 0 Å². The summed E-state index contributed by atoms with van der Waals surface area (Å²) in [4.78, 5) is 25.9. The summed E-state index contributed by atoms with van der Waals surface area (Å²) in [7, 11) is 0. The van der Waals surface area contributed by atoms with Crippen molar-refractivity contribution in [3.63, 3.8) is 0 Å². The molecule has 2 heterocycles. The van der Waals surface area contributed by atoms with E-state index in [0.29, 0.717) is 12.8 Å². The Kier molecular flexibility index (Phi) is 41.0. The fraction of sp³-hybridized carbons (Fsp3) is 0.862. The summed E-state index contributed by atoms with van der Waals surface area (Å²) < 4.78 is 33.7. The van der Waals surface area contributed by atoms with Gasteiger partial charge in [0, 0.05) is 12.8 Å². The Labute approximate surface area is 440 Å². The number of carbonyl (C=O) groups excluding carboxylic acids is 2. The molecule has 0 aromatic rings. The van der Waals surface area contributed by atoms with E-state index in [1.54, 1.807) is 0 Å². The lowest BCUT2D eigenvalue weighted by Crippen LogP contribution is -2.61. The maximum atomic E-state index is 13.0. The molecule has 0 bridgehead atoms. The topological polar surface area (TPSA) is 231 Å². The summed E-state index contributed by atoms with van der Waals surface area (Å²) >= 11 is 0. The van der Waals surface area contributed by atoms with Crippen molar-refractivity contribution in [2.45, 2.75) is 293 Å². The Morgan fingerprint density at radius 2 is 0.863 bits per heavy atom. The maximum Gasteiger partial charge on any atom is 0.306 e. The third-order valence-corrected chi connectivity index (χ3v) is 13.9. The molecule has 0 aliphatic carbocycles. The summed E-state index contributed by atoms with van der Waals surface area (Å²) in [6.07, 6.45) is 33.2. The van der Waals surface area contributed by atoms with E-state index in [-0.39, 0.29) is 26.1 Å². The minimum atomic E-state index is -1.77. The number of aliphatic hydroxyl groups is 7. The quantitative estimate of drug-likeness (QED) is 0.0171. The van der Waals surface area contributed by atoms with Crippen LogP contribution in [0.1, 0.15) is 226 Å². The number of carbonyl (C=O) groups is 2. The molecule has 73 heavy (non-hydrogen) atoms. The molecule has 15 heteroatoms. The fourth-order valence-electron chi connectivity index (χ4n) is 9.17. The van der Waals surface area contributed by atoms with Gasteiger partial charge in [-0.15, -0.1) is 0 Å². The molecular formula is C58H104O15. The normalized spacial score (nSPS) is 25.1. The molecule has 2 saturated heterocycles. The van der Waals surface area contributed by atoms with Crippen molar-refractivity contribution in [2.24, 2.45) is 0 Å². The van der Waals surface area contributed by atoms with Crippen LogP contribution in [0.25, 0.3) is 0 Å². The molecule has 15 nitrogen and oxygen atoms in total. The van der Waals surface area contributed by atoms with Crippen LogP contribution in [-0.2, 0) is 38.0 Å². The minimum absolute atomic E-state index is 0.147. The van der Waals surface area contributed by atoms with Gasteiger partial charge in [0.05, 0.1) is 19.8 Å². The van der Waals surface area contributed by atoms with Crippen LogP contribution in [0.2, 0.25) is 0 Å². The van der Waals surface area contributed by atoms with E-state index in [2.05, 4.69) is 50.3 Å². The standard InChI is InChI=1S/C58H104O15/c1-3-5-7-9-11-13-15-17-19-20-21-22-23-24-25-27-28-30-32-34-36-38-40-49(60)68-43-46(71-50(61)41-39-37-35-33-31-29-26-18-16-14-12-10-8-6-4-2)44-69-57-56(67)54(65)52(63)48(73-57)45-70-58-55(66)53(64)51(62)47(42-59)72-58/h6,8,12,14,18,26,46-48,51-59,62-67H,3-5,7,9-11,13,15-17,19-25,27-45H2,1-2H3/b8-6-,14-12-,26-18-. The molecule has 2 rings (SSSR count). The van der Waals surface area contributed by atoms with Crippen molar-refractivity contribution in [1.29, 1.82) is 0 Å². The van der Waals surface area contributed by atoms with Gasteiger partial charge in [-0.2, -0.15) is 0 Å². The number of hydrogen-bond acceptors (Lipinski definition) is 15. The Morgan fingerprint density at radius 3 is 1.36 bits per heavy atom. The second-order valence-electron chi connectivity index (χ2n) is 20.4. The number of hydrogen-bond donors (Lipinski definition) is 7. The Balaban J connectivity index is 1.73. The number of ether oxygens (including phenoxy) is 6. The first-order valence-corrected chi connectivity index (χ1v) is 29.1. The zero-order valence-electron chi connectivity index (χ0n) is 45.4. The molecule has 0 spiro atoms. The molecule has 0 amide bonds. The van der Waals surface area contributed by atoms with Gasteiger partial charge < -0.3 is 64.2 Å². The van der Waals surface area contributed by atoms with Gasteiger partial charge in [-0.25, -0.2) is 0 Å². The van der Waals surface area contributed by atoms with Gasteiger partial charge in [0.15, 0.2) is 18.7 Å². The third-order valence-electron chi connectivity index (χ3n) is 13.9. The Hall–Kier alpha value is -2.28. The molecule has 11 unspecified atom stereocenters. The Bertz CT molecular complexity index is 1410. The SMILES string of the molecule is CC/C=C\C/C=C\C/C=C\CCCCCCCC(=O)OC(COC(=O)CCCCCCCCCCCCCCCCCCCCCCCC)COC1OC(COC2OC(CO)C(O)C(O)C2O)C(O)C(O)C1O. The molecular weight excluding hydrogens is 937 g/mol. The van der Waals surface area contributed by atoms with Crippen molar-refractivity contribution < 1.29 is 73.8 Å². The van der Waals surface area contributed by atoms with Crippen LogP contribution in [0.4, 0.5) is 0 Å². The number of aliphatic hydroxyl groups excluding tert-OH is 7. The summed E-state index contributed by atoms with van der Waals surface area (Å²) in [5, 5.41) is 72.2. The van der Waals surface area contributed by atoms with Gasteiger partial charge in [-0.05, 0) is 44.9 Å². The van der Waals surface area contributed by atoms with Gasteiger partial charge in [0.25, 0.3) is 0 Å². The lowest BCUT2D eigenvalue weighted by Gasteiger charge is -2.42. The summed E-state index contributed by atoms with van der Waals surface area (Å²) in [5.41, 5.74) is 0. The van der Waals surface area contributed by atoms with Gasteiger partial charge >= 0.3 is 11.9 Å². The van der Waals surface area contributed by atoms with Crippen molar-refractivity contribution in [2.75, 3.05) is 26.4 Å². The van der Waals surface area contributed by atoms with Crippen LogP contribution >= 0.6 is 0 Å². The first-order valence-electron chi connectivity index (χ1n) is 29.1. The molecule has 11 atom stereocenters. The molecule has 2 aliphatic heterocycles. The lowest BCUT2D eigenvalue weighted by atomic mass is 9.98. The zero-order chi connectivity index (χ0) is 53.2. The van der Waals surface area contributed by atoms with E-state index in [0.717, 1.165) is 70.6 Å². The van der Waals surface area contributed by atoms with Crippen molar-refractivity contribution >= 4 is 11.9 Å². The molecule has 0 aromatic heterocycles. The van der Waals surface area contributed by atoms with Crippen LogP contribution in [0.5, 0.6) is 0 Å². The molecule has 2 aliphatic rings. The first kappa shape index (κ1) is 66.8. The average Bonchev–Trinajstić information content (AvgIpc) is 3.38. The van der Waals surface area contributed by atoms with Gasteiger partial charge in [0.1, 0.15) is 55.4 Å². The number of rotatable bonds is 46. The molecule has 2 fully saturated rings. The van der Waals surface area contributed by atoms with E-state index < -0.39 is 92.7 Å². The summed E-state index contributed by atoms with van der Waals surface area (Å²) in [5.74, 6) is -0.935. The van der Waals surface area contributed by atoms with Crippen LogP contribution in [0.15, 0.2) is 36.5 Å². The highest BCUT2D eigenvalue weighted by Crippen LogP contribution is 2.27. The van der Waals surface area contributed by atoms with Crippen LogP contribution < -0.4 is 0 Å². The third kappa shape index (κ3) is 32.2. The van der Waals surface area contributed by atoms with E-state index >= 15 is 0 Å². The number of allylic oxidation sites excluding steroid dienone is 6. The van der Waals surface area contributed by atoms with Crippen LogP contribution in [0, 0.1) is 0 Å². The van der Waals surface area contributed by atoms with Crippen molar-refractivity contribution in [3.05, 3.63) is 36.5 Å². The minimum Gasteiger partial charge on any atom is -0.462 e. The molecule has 0 radical (unpaired) electrons. The van der Waals surface area contributed by atoms with Crippen LogP contribution in [0.3, 0.4) is 0 Å². The van der Waals surface area contributed by atoms with E-state index in [1.807, 2.05) is 0 Å². The van der Waals surface area contributed by atoms with Crippen LogP contribution in [-0.4, -0.2) is 142 Å². The smallest absolute Gasteiger partial charge is 0.306 e. The molecule has 0 saturated carbocycles. The average molecular weight is 1040 g/mol. The highest BCUT2D eigenvalue weighted by Gasteiger charge is 2.47. The second-order valence-corrected chi connectivity index (χ2v) is 20.4.